The number of amides is 2. The van der Waals surface area contributed by atoms with Crippen LogP contribution in [0.1, 0.15) is 0 Å². The van der Waals surface area contributed by atoms with Crippen molar-refractivity contribution in [3.05, 3.63) is 84.7 Å². The van der Waals surface area contributed by atoms with Gasteiger partial charge >= 0.3 is 27.8 Å². The van der Waals surface area contributed by atoms with E-state index in [-0.39, 0.29) is 62.0 Å². The Morgan fingerprint density at radius 1 is 0.694 bits per heavy atom. The maximum Gasteiger partial charge on any atom is 0.470 e. The lowest BCUT2D eigenvalue weighted by atomic mass is 10.1. The number of cyclic esters (lactones) is 2. The van der Waals surface area contributed by atoms with Gasteiger partial charge in [0.2, 0.25) is 11.6 Å². The highest BCUT2D eigenvalue weighted by atomic mass is 31.2. The molecule has 384 valence electrons. The standard InChI is InChI=1S/2C20H22FN6O8P/c1-26-24-19(23-25-26)18-5-2-12(7-22-18)16-4-3-13(6-17(16)21)27-8-15(35-20(27)29)11-33-9-14(28)10-34-36(30,31)32;1-26-24-19(23-25-26)18-5-2-12(7-22-18)16-4-3-13(6-17(16)21)27-8-14(34-20(27)29)10-33-11-15(9-28)35-36(30,31)32/h2*2-7,14-15,28H,8-11H2,1H3,(H2,30,31,32)/t14?,15-;14-,15?/m11/s1. The molecule has 4 aromatic heterocycles. The molecule has 28 nitrogen and oxygen atoms in total. The number of phosphoric acid groups is 2. The van der Waals surface area contributed by atoms with Gasteiger partial charge in [-0.25, -0.2) is 27.5 Å². The number of hydrogen-bond donors (Lipinski definition) is 6. The van der Waals surface area contributed by atoms with Crippen molar-refractivity contribution < 1.29 is 85.3 Å². The summed E-state index contributed by atoms with van der Waals surface area (Å²) in [5, 5.41) is 42.1. The number of nitrogens with zero attached hydrogens (tertiary/aromatic N) is 12. The Balaban J connectivity index is 0.000000211. The molecule has 6 heterocycles. The number of tetrazole rings is 2. The summed E-state index contributed by atoms with van der Waals surface area (Å²) in [6, 6.07) is 15.2. The molecule has 0 spiro atoms. The smallest absolute Gasteiger partial charge is 0.441 e. The van der Waals surface area contributed by atoms with Crippen molar-refractivity contribution in [2.24, 2.45) is 14.1 Å². The summed E-state index contributed by atoms with van der Waals surface area (Å²) < 4.78 is 80.8. The van der Waals surface area contributed by atoms with Crippen molar-refractivity contribution in [3.63, 3.8) is 0 Å². The van der Waals surface area contributed by atoms with Gasteiger partial charge in [0.1, 0.15) is 47.4 Å². The Morgan fingerprint density at radius 2 is 1.17 bits per heavy atom. The van der Waals surface area contributed by atoms with Crippen LogP contribution in [0.5, 0.6) is 0 Å². The maximum absolute atomic E-state index is 14.9. The number of hydrogen-bond acceptors (Lipinski definition) is 20. The van der Waals surface area contributed by atoms with Crippen molar-refractivity contribution in [2.75, 3.05) is 62.5 Å². The molecule has 0 radical (unpaired) electrons. The molecular formula is C40H44F2N12O16P2. The second-order valence-electron chi connectivity index (χ2n) is 15.5. The van der Waals surface area contributed by atoms with Gasteiger partial charge in [0.05, 0.1) is 78.2 Å². The van der Waals surface area contributed by atoms with Gasteiger partial charge in [-0.1, -0.05) is 12.1 Å². The Morgan fingerprint density at radius 3 is 1.54 bits per heavy atom. The van der Waals surface area contributed by atoms with Crippen LogP contribution < -0.4 is 9.80 Å². The van der Waals surface area contributed by atoms with Crippen LogP contribution >= 0.6 is 15.6 Å². The molecule has 2 aliphatic heterocycles. The predicted molar refractivity (Wildman–Crippen MR) is 240 cm³/mol. The van der Waals surface area contributed by atoms with E-state index in [1.54, 1.807) is 50.5 Å². The Labute approximate surface area is 405 Å². The van der Waals surface area contributed by atoms with E-state index in [2.05, 4.69) is 49.8 Å². The number of halogens is 2. The number of rotatable bonds is 20. The van der Waals surface area contributed by atoms with Gasteiger partial charge in [0, 0.05) is 34.6 Å². The fourth-order valence-electron chi connectivity index (χ4n) is 6.80. The summed E-state index contributed by atoms with van der Waals surface area (Å²) in [6.07, 6.45) is -2.37. The van der Waals surface area contributed by atoms with Crippen LogP contribution in [0.25, 0.3) is 45.3 Å². The molecule has 6 aromatic rings. The zero-order chi connectivity index (χ0) is 51.7. The predicted octanol–water partition coefficient (Wildman–Crippen LogP) is 1.78. The van der Waals surface area contributed by atoms with Crippen molar-refractivity contribution in [3.8, 4) is 45.3 Å². The number of benzene rings is 2. The number of pyridine rings is 2. The second-order valence-corrected chi connectivity index (χ2v) is 18.0. The third-order valence-corrected chi connectivity index (χ3v) is 11.1. The molecule has 6 N–H and O–H groups in total. The lowest BCUT2D eigenvalue weighted by Crippen LogP contribution is -2.28. The summed E-state index contributed by atoms with van der Waals surface area (Å²) in [4.78, 5) is 73.0. The maximum atomic E-state index is 14.9. The number of aliphatic hydroxyl groups is 2. The lowest BCUT2D eigenvalue weighted by molar-refractivity contribution is -0.0182. The molecule has 0 aliphatic carbocycles. The Hall–Kier alpha value is -6.66. The minimum atomic E-state index is -4.79. The molecule has 8 rings (SSSR count). The molecule has 2 saturated heterocycles. The van der Waals surface area contributed by atoms with E-state index < -0.39 is 77.1 Å². The Kier molecular flexibility index (Phi) is 17.2. The first-order valence-electron chi connectivity index (χ1n) is 21.1. The molecule has 2 aromatic carbocycles. The topological polar surface area (TPSA) is 364 Å². The second kappa shape index (κ2) is 23.3. The highest BCUT2D eigenvalue weighted by Crippen LogP contribution is 2.38. The van der Waals surface area contributed by atoms with Gasteiger partial charge < -0.3 is 48.7 Å². The first-order valence-corrected chi connectivity index (χ1v) is 24.1. The summed E-state index contributed by atoms with van der Waals surface area (Å²) >= 11 is 0. The van der Waals surface area contributed by atoms with Gasteiger partial charge in [0.25, 0.3) is 0 Å². The number of aromatic nitrogens is 10. The molecule has 72 heavy (non-hydrogen) atoms. The molecular weight excluding hydrogens is 1000 g/mol. The van der Waals surface area contributed by atoms with Crippen molar-refractivity contribution in [2.45, 2.75) is 24.4 Å². The van der Waals surface area contributed by atoms with Crippen LogP contribution in [0.15, 0.2) is 73.1 Å². The average molecular weight is 1050 g/mol. The fourth-order valence-corrected chi connectivity index (χ4v) is 7.69. The number of aryl methyl sites for hydroxylation is 2. The number of anilines is 2. The zero-order valence-corrected chi connectivity index (χ0v) is 39.5. The van der Waals surface area contributed by atoms with E-state index in [1.165, 1.54) is 56.1 Å². The number of carbonyl (C=O) groups excluding carboxylic acids is 2. The summed E-state index contributed by atoms with van der Waals surface area (Å²) in [6.45, 7) is -2.01. The van der Waals surface area contributed by atoms with Crippen LogP contribution in [0.2, 0.25) is 0 Å². The van der Waals surface area contributed by atoms with Gasteiger partial charge in [-0.3, -0.25) is 28.8 Å². The van der Waals surface area contributed by atoms with E-state index >= 15 is 0 Å². The van der Waals surface area contributed by atoms with E-state index in [9.17, 15) is 32.6 Å². The SMILES string of the molecule is Cn1nnc(-c2ccc(-c3ccc(N4C[C@H](COCC(CO)OP(=O)(O)O)OC4=O)cc3F)cn2)n1.Cn1nnc(-c2ccc(-c3ccc(N4C[C@H](COCC(O)COP(=O)(O)O)OC4=O)cc3F)cn2)n1. The molecule has 0 saturated carbocycles. The number of ether oxygens (including phenoxy) is 4. The van der Waals surface area contributed by atoms with E-state index in [0.29, 0.717) is 34.2 Å². The van der Waals surface area contributed by atoms with E-state index in [4.69, 9.17) is 43.6 Å². The molecule has 4 atom stereocenters. The van der Waals surface area contributed by atoms with E-state index in [1.807, 2.05) is 0 Å². The molecule has 2 unspecified atom stereocenters. The first-order chi connectivity index (χ1) is 34.2. The highest BCUT2D eigenvalue weighted by molar-refractivity contribution is 7.46. The molecule has 2 fully saturated rings. The van der Waals surface area contributed by atoms with Gasteiger partial charge in [-0.15, -0.1) is 20.4 Å². The molecule has 32 heteroatoms. The Bertz CT molecular complexity index is 2930. The third kappa shape index (κ3) is 14.5. The average Bonchev–Trinajstić information content (AvgIpc) is 4.15. The van der Waals surface area contributed by atoms with Crippen LogP contribution in [0.4, 0.5) is 29.7 Å². The van der Waals surface area contributed by atoms with Crippen LogP contribution in [-0.4, -0.2) is 170 Å². The van der Waals surface area contributed by atoms with Gasteiger partial charge in [0.15, 0.2) is 0 Å². The largest absolute Gasteiger partial charge is 0.470 e. The van der Waals surface area contributed by atoms with Crippen molar-refractivity contribution in [1.29, 1.82) is 0 Å². The quantitative estimate of drug-likeness (QED) is 0.0593. The van der Waals surface area contributed by atoms with Crippen LogP contribution in [0, 0.1) is 11.6 Å². The minimum absolute atomic E-state index is 0.0577. The highest BCUT2D eigenvalue weighted by Gasteiger charge is 2.35. The zero-order valence-electron chi connectivity index (χ0n) is 37.7. The first kappa shape index (κ1) is 53.1. The van der Waals surface area contributed by atoms with Crippen molar-refractivity contribution in [1.82, 2.24) is 50.4 Å². The third-order valence-electron chi connectivity index (χ3n) is 10.0. The lowest BCUT2D eigenvalue weighted by Gasteiger charge is -2.17. The van der Waals surface area contributed by atoms with Crippen LogP contribution in [0.3, 0.4) is 0 Å². The van der Waals surface area contributed by atoms with E-state index in [0.717, 1.165) is 0 Å². The number of carbonyl (C=O) groups is 2. The van der Waals surface area contributed by atoms with Crippen LogP contribution in [-0.2, 0) is 51.2 Å². The minimum Gasteiger partial charge on any atom is -0.441 e. The molecule has 0 bridgehead atoms. The summed E-state index contributed by atoms with van der Waals surface area (Å²) in [5.74, 6) is -0.463. The number of phosphoric ester groups is 2. The van der Waals surface area contributed by atoms with Crippen molar-refractivity contribution >= 4 is 39.2 Å². The summed E-state index contributed by atoms with van der Waals surface area (Å²) in [7, 11) is -6.23. The molecule has 2 aliphatic rings. The summed E-state index contributed by atoms with van der Waals surface area (Å²) in [5.41, 5.74) is 3.11. The molecule has 2 amide bonds. The van der Waals surface area contributed by atoms with Gasteiger partial charge in [-0.05, 0) is 59.0 Å². The monoisotopic (exact) mass is 1050 g/mol. The number of aliphatic hydroxyl groups excluding tert-OH is 2. The normalized spacial score (nSPS) is 16.9. The fraction of sp³-hybridized carbons (Fsp3) is 0.350. The van der Waals surface area contributed by atoms with Gasteiger partial charge in [-0.2, -0.15) is 9.59 Å².